The molecule has 0 aliphatic carbocycles. The summed E-state index contributed by atoms with van der Waals surface area (Å²) < 4.78 is 1.45. The molecule has 108 valence electrons. The summed E-state index contributed by atoms with van der Waals surface area (Å²) in [7, 11) is 0. The van der Waals surface area contributed by atoms with E-state index in [4.69, 9.17) is 0 Å². The Morgan fingerprint density at radius 2 is 1.86 bits per heavy atom. The van der Waals surface area contributed by atoms with Crippen molar-refractivity contribution < 1.29 is 14.7 Å². The smallest absolute Gasteiger partial charge is 0.337 e. The Balaban J connectivity index is 2.36. The normalized spacial score (nSPS) is 10.2. The fourth-order valence-electron chi connectivity index (χ4n) is 1.81. The molecule has 0 radical (unpaired) electrons. The van der Waals surface area contributed by atoms with Crippen LogP contribution in [-0.2, 0) is 0 Å². The van der Waals surface area contributed by atoms with Crippen LogP contribution in [0.1, 0.15) is 26.3 Å². The minimum atomic E-state index is -1.08. The predicted molar refractivity (Wildman–Crippen MR) is 93.0 cm³/mol. The molecular weight excluding hydrogens is 449 g/mol. The molecule has 0 saturated heterocycles. The predicted octanol–water partition coefficient (Wildman–Crippen LogP) is 4.31. The number of carboxylic acid groups (broad SMARTS) is 1. The molecule has 0 atom stereocenters. The van der Waals surface area contributed by atoms with Crippen LogP contribution in [-0.4, -0.2) is 17.0 Å². The highest BCUT2D eigenvalue weighted by molar-refractivity contribution is 14.1. The van der Waals surface area contributed by atoms with Gasteiger partial charge in [-0.2, -0.15) is 0 Å². The second kappa shape index (κ2) is 6.57. The van der Waals surface area contributed by atoms with Crippen molar-refractivity contribution in [2.24, 2.45) is 0 Å². The van der Waals surface area contributed by atoms with Crippen LogP contribution in [0.15, 0.2) is 40.9 Å². The molecule has 4 nitrogen and oxygen atoms in total. The lowest BCUT2D eigenvalue weighted by molar-refractivity contribution is 0.0698. The van der Waals surface area contributed by atoms with Crippen molar-refractivity contribution in [1.82, 2.24) is 0 Å². The standard InChI is InChI=1S/C15H11BrINO3/c1-8-2-4-12(16)10(6-8)14(19)18-13-5-3-9(17)7-11(13)15(20)21/h2-7H,1H3,(H,18,19)(H,20,21). The zero-order valence-electron chi connectivity index (χ0n) is 11.0. The summed E-state index contributed by atoms with van der Waals surface area (Å²) in [4.78, 5) is 23.6. The van der Waals surface area contributed by atoms with Gasteiger partial charge in [0, 0.05) is 8.04 Å². The van der Waals surface area contributed by atoms with Crippen LogP contribution in [0.4, 0.5) is 5.69 Å². The van der Waals surface area contributed by atoms with Crippen molar-refractivity contribution >= 4 is 56.1 Å². The summed E-state index contributed by atoms with van der Waals surface area (Å²) in [6.45, 7) is 1.89. The maximum absolute atomic E-state index is 12.3. The highest BCUT2D eigenvalue weighted by Crippen LogP contribution is 2.23. The molecule has 2 rings (SSSR count). The number of rotatable bonds is 3. The van der Waals surface area contributed by atoms with Crippen molar-refractivity contribution in [1.29, 1.82) is 0 Å². The van der Waals surface area contributed by atoms with Gasteiger partial charge in [0.15, 0.2) is 0 Å². The number of benzene rings is 2. The average molecular weight is 460 g/mol. The van der Waals surface area contributed by atoms with Gasteiger partial charge >= 0.3 is 5.97 Å². The summed E-state index contributed by atoms with van der Waals surface area (Å²) in [6.07, 6.45) is 0. The Bertz CT molecular complexity index is 731. The molecular formula is C15H11BrINO3. The van der Waals surface area contributed by atoms with E-state index in [-0.39, 0.29) is 17.2 Å². The summed E-state index contributed by atoms with van der Waals surface area (Å²) in [6, 6.07) is 10.3. The molecule has 0 aromatic heterocycles. The maximum atomic E-state index is 12.3. The van der Waals surface area contributed by atoms with E-state index < -0.39 is 5.97 Å². The molecule has 0 spiro atoms. The molecule has 0 heterocycles. The topological polar surface area (TPSA) is 66.4 Å². The largest absolute Gasteiger partial charge is 0.478 e. The van der Waals surface area contributed by atoms with E-state index in [0.717, 1.165) is 9.13 Å². The number of aromatic carboxylic acids is 1. The van der Waals surface area contributed by atoms with Gasteiger partial charge < -0.3 is 10.4 Å². The van der Waals surface area contributed by atoms with Crippen molar-refractivity contribution in [3.63, 3.8) is 0 Å². The second-order valence-electron chi connectivity index (χ2n) is 4.43. The van der Waals surface area contributed by atoms with Crippen LogP contribution in [0.5, 0.6) is 0 Å². The number of nitrogens with one attached hydrogen (secondary N) is 1. The van der Waals surface area contributed by atoms with Crippen LogP contribution in [0.3, 0.4) is 0 Å². The van der Waals surface area contributed by atoms with Gasteiger partial charge in [0.1, 0.15) is 0 Å². The first-order valence-electron chi connectivity index (χ1n) is 5.99. The van der Waals surface area contributed by atoms with E-state index in [1.54, 1.807) is 24.3 Å². The Morgan fingerprint density at radius 3 is 2.52 bits per heavy atom. The number of anilines is 1. The molecule has 2 aromatic carbocycles. The van der Waals surface area contributed by atoms with E-state index in [1.807, 2.05) is 35.6 Å². The maximum Gasteiger partial charge on any atom is 0.337 e. The van der Waals surface area contributed by atoms with Gasteiger partial charge in [-0.25, -0.2) is 4.79 Å². The van der Waals surface area contributed by atoms with E-state index in [9.17, 15) is 14.7 Å². The minimum Gasteiger partial charge on any atom is -0.478 e. The lowest BCUT2D eigenvalue weighted by Gasteiger charge is -2.10. The molecule has 0 saturated carbocycles. The Labute approximate surface area is 143 Å². The SMILES string of the molecule is Cc1ccc(Br)c(C(=O)Nc2ccc(I)cc2C(=O)O)c1. The summed E-state index contributed by atoms with van der Waals surface area (Å²) in [5, 5.41) is 11.9. The van der Waals surface area contributed by atoms with Gasteiger partial charge in [-0.3, -0.25) is 4.79 Å². The number of hydrogen-bond acceptors (Lipinski definition) is 2. The van der Waals surface area contributed by atoms with Crippen molar-refractivity contribution in [3.05, 3.63) is 61.1 Å². The number of amides is 1. The van der Waals surface area contributed by atoms with Crippen LogP contribution in [0.2, 0.25) is 0 Å². The average Bonchev–Trinajstić information content (AvgIpc) is 2.43. The van der Waals surface area contributed by atoms with Crippen molar-refractivity contribution in [3.8, 4) is 0 Å². The molecule has 0 aliphatic heterocycles. The summed E-state index contributed by atoms with van der Waals surface area (Å²) in [5.41, 5.74) is 1.76. The minimum absolute atomic E-state index is 0.0685. The number of aryl methyl sites for hydroxylation is 1. The van der Waals surface area contributed by atoms with E-state index >= 15 is 0 Å². The first kappa shape index (κ1) is 16.0. The van der Waals surface area contributed by atoms with E-state index in [2.05, 4.69) is 21.2 Å². The van der Waals surface area contributed by atoms with Crippen molar-refractivity contribution in [2.45, 2.75) is 6.92 Å². The Hall–Kier alpha value is -1.41. The van der Waals surface area contributed by atoms with Gasteiger partial charge in [0.05, 0.1) is 16.8 Å². The molecule has 6 heteroatoms. The fourth-order valence-corrected chi connectivity index (χ4v) is 2.72. The van der Waals surface area contributed by atoms with Crippen molar-refractivity contribution in [2.75, 3.05) is 5.32 Å². The number of carboxylic acids is 1. The van der Waals surface area contributed by atoms with Crippen LogP contribution >= 0.6 is 38.5 Å². The van der Waals surface area contributed by atoms with Crippen LogP contribution < -0.4 is 5.32 Å². The molecule has 2 N–H and O–H groups in total. The zero-order chi connectivity index (χ0) is 15.6. The number of carbonyl (C=O) groups excluding carboxylic acids is 1. The summed E-state index contributed by atoms with van der Waals surface area (Å²) in [5.74, 6) is -1.43. The first-order chi connectivity index (χ1) is 9.88. The lowest BCUT2D eigenvalue weighted by Crippen LogP contribution is -2.15. The van der Waals surface area contributed by atoms with Gasteiger partial charge in [-0.05, 0) is 75.8 Å². The third kappa shape index (κ3) is 3.82. The van der Waals surface area contributed by atoms with Gasteiger partial charge in [0.2, 0.25) is 0 Å². The molecule has 2 aromatic rings. The third-order valence-corrected chi connectivity index (χ3v) is 4.19. The lowest BCUT2D eigenvalue weighted by atomic mass is 10.1. The Morgan fingerprint density at radius 1 is 1.14 bits per heavy atom. The quantitative estimate of drug-likeness (QED) is 0.672. The molecule has 1 amide bonds. The third-order valence-electron chi connectivity index (χ3n) is 2.83. The van der Waals surface area contributed by atoms with E-state index in [0.29, 0.717) is 10.0 Å². The van der Waals surface area contributed by atoms with Gasteiger partial charge in [-0.15, -0.1) is 0 Å². The number of carbonyl (C=O) groups is 2. The highest BCUT2D eigenvalue weighted by Gasteiger charge is 2.15. The van der Waals surface area contributed by atoms with Crippen LogP contribution in [0.25, 0.3) is 0 Å². The zero-order valence-corrected chi connectivity index (χ0v) is 14.7. The molecule has 21 heavy (non-hydrogen) atoms. The first-order valence-corrected chi connectivity index (χ1v) is 7.86. The van der Waals surface area contributed by atoms with Gasteiger partial charge in [0.25, 0.3) is 5.91 Å². The molecule has 0 fully saturated rings. The molecule has 0 unspecified atom stereocenters. The Kier molecular flexibility index (Phi) is 5.00. The fraction of sp³-hybridized carbons (Fsp3) is 0.0667. The van der Waals surface area contributed by atoms with Crippen LogP contribution in [0, 0.1) is 10.5 Å². The van der Waals surface area contributed by atoms with Gasteiger partial charge in [-0.1, -0.05) is 11.6 Å². The molecule has 0 bridgehead atoms. The second-order valence-corrected chi connectivity index (χ2v) is 6.53. The number of halogens is 2. The van der Waals surface area contributed by atoms with E-state index in [1.165, 1.54) is 6.07 Å². The monoisotopic (exact) mass is 459 g/mol. The number of hydrogen-bond donors (Lipinski definition) is 2. The molecule has 0 aliphatic rings. The summed E-state index contributed by atoms with van der Waals surface area (Å²) >= 11 is 5.35. The highest BCUT2D eigenvalue weighted by atomic mass is 127.